The molecule has 5 nitrogen and oxygen atoms in total. The Morgan fingerprint density at radius 2 is 2.00 bits per heavy atom. The topological polar surface area (TPSA) is 78.8 Å². The molecule has 2 atom stereocenters. The molecule has 1 aliphatic rings. The highest BCUT2D eigenvalue weighted by molar-refractivity contribution is 5.73. The van der Waals surface area contributed by atoms with Gasteiger partial charge in [0, 0.05) is 6.54 Å². The van der Waals surface area contributed by atoms with Gasteiger partial charge in [-0.25, -0.2) is 0 Å². The largest absolute Gasteiger partial charge is 0.508 e. The molecule has 17 heavy (non-hydrogen) atoms. The average Bonchev–Trinajstić information content (AvgIpc) is 2.33. The minimum atomic E-state index is -0.812. The number of benzene rings is 1. The van der Waals surface area contributed by atoms with Crippen LogP contribution in [0.15, 0.2) is 24.3 Å². The van der Waals surface area contributed by atoms with E-state index in [1.165, 1.54) is 0 Å². The lowest BCUT2D eigenvalue weighted by Crippen LogP contribution is -2.47. The normalized spacial score (nSPS) is 24.2. The summed E-state index contributed by atoms with van der Waals surface area (Å²) in [5, 5.41) is 20.9. The van der Waals surface area contributed by atoms with Crippen LogP contribution >= 0.6 is 0 Å². The second-order valence-electron chi connectivity index (χ2n) is 4.11. The molecule has 0 bridgehead atoms. The molecular weight excluding hydrogens is 222 g/mol. The molecule has 0 spiro atoms. The van der Waals surface area contributed by atoms with Crippen LogP contribution in [0.25, 0.3) is 0 Å². The van der Waals surface area contributed by atoms with Crippen LogP contribution in [0.5, 0.6) is 11.5 Å². The summed E-state index contributed by atoms with van der Waals surface area (Å²) in [6.45, 7) is 0.526. The van der Waals surface area contributed by atoms with E-state index in [1.54, 1.807) is 24.3 Å². The fraction of sp³-hybridized carbons (Fsp3) is 0.417. The number of aliphatic carboxylic acids is 1. The van der Waals surface area contributed by atoms with Crippen molar-refractivity contribution < 1.29 is 19.7 Å². The van der Waals surface area contributed by atoms with E-state index in [-0.39, 0.29) is 11.9 Å². The van der Waals surface area contributed by atoms with Crippen molar-refractivity contribution in [3.8, 4) is 11.5 Å². The zero-order chi connectivity index (χ0) is 12.3. The number of aromatic hydroxyl groups is 1. The molecule has 1 fully saturated rings. The molecule has 0 aliphatic carbocycles. The van der Waals surface area contributed by atoms with Crippen LogP contribution in [0.1, 0.15) is 12.8 Å². The van der Waals surface area contributed by atoms with E-state index >= 15 is 0 Å². The Balaban J connectivity index is 1.85. The number of rotatable bonds is 3. The average molecular weight is 237 g/mol. The third kappa shape index (κ3) is 3.10. The second kappa shape index (κ2) is 5.05. The summed E-state index contributed by atoms with van der Waals surface area (Å²) in [7, 11) is 0. The first-order valence-electron chi connectivity index (χ1n) is 5.57. The summed E-state index contributed by atoms with van der Waals surface area (Å²) < 4.78 is 5.67. The number of phenols is 1. The molecule has 2 rings (SSSR count). The minimum Gasteiger partial charge on any atom is -0.508 e. The standard InChI is InChI=1S/C12H15NO4/c14-8-1-3-9(4-2-8)17-10-5-6-11(12(15)16)13-7-10/h1-4,10-11,13-14H,5-7H2,(H,15,16). The van der Waals surface area contributed by atoms with Gasteiger partial charge < -0.3 is 20.3 Å². The maximum Gasteiger partial charge on any atom is 0.320 e. The summed E-state index contributed by atoms with van der Waals surface area (Å²) in [4.78, 5) is 10.7. The molecular formula is C12H15NO4. The molecule has 0 amide bonds. The van der Waals surface area contributed by atoms with Crippen LogP contribution in [-0.2, 0) is 4.79 Å². The first kappa shape index (κ1) is 11.7. The van der Waals surface area contributed by atoms with Gasteiger partial charge in [-0.1, -0.05) is 0 Å². The Hall–Kier alpha value is -1.75. The molecule has 1 aromatic rings. The Bertz CT molecular complexity index is 382. The minimum absolute atomic E-state index is 0.0184. The van der Waals surface area contributed by atoms with Crippen LogP contribution in [0, 0.1) is 0 Å². The first-order valence-corrected chi connectivity index (χ1v) is 5.57. The smallest absolute Gasteiger partial charge is 0.320 e. The third-order valence-corrected chi connectivity index (χ3v) is 2.81. The van der Waals surface area contributed by atoms with Crippen LogP contribution < -0.4 is 10.1 Å². The third-order valence-electron chi connectivity index (χ3n) is 2.81. The molecule has 1 saturated heterocycles. The molecule has 0 radical (unpaired) electrons. The van der Waals surface area contributed by atoms with Crippen molar-refractivity contribution in [3.05, 3.63) is 24.3 Å². The van der Waals surface area contributed by atoms with E-state index < -0.39 is 12.0 Å². The van der Waals surface area contributed by atoms with Crippen molar-refractivity contribution in [2.45, 2.75) is 25.0 Å². The fourth-order valence-corrected chi connectivity index (χ4v) is 1.86. The number of carbonyl (C=O) groups is 1. The lowest BCUT2D eigenvalue weighted by atomic mass is 10.0. The zero-order valence-corrected chi connectivity index (χ0v) is 9.30. The maximum atomic E-state index is 10.7. The molecule has 2 unspecified atom stereocenters. The number of phenolic OH excluding ortho intramolecular Hbond substituents is 1. The van der Waals surface area contributed by atoms with Crippen LogP contribution in [0.4, 0.5) is 0 Å². The van der Waals surface area contributed by atoms with Gasteiger partial charge in [0.05, 0.1) is 0 Å². The van der Waals surface area contributed by atoms with Crippen molar-refractivity contribution in [3.63, 3.8) is 0 Å². The zero-order valence-electron chi connectivity index (χ0n) is 9.30. The molecule has 5 heteroatoms. The summed E-state index contributed by atoms with van der Waals surface area (Å²) >= 11 is 0. The van der Waals surface area contributed by atoms with Gasteiger partial charge in [0.15, 0.2) is 0 Å². The SMILES string of the molecule is O=C(O)C1CCC(Oc2ccc(O)cc2)CN1. The van der Waals surface area contributed by atoms with Gasteiger partial charge in [-0.2, -0.15) is 0 Å². The molecule has 0 saturated carbocycles. The lowest BCUT2D eigenvalue weighted by molar-refractivity contribution is -0.140. The second-order valence-corrected chi connectivity index (χ2v) is 4.11. The number of ether oxygens (including phenoxy) is 1. The number of piperidine rings is 1. The van der Waals surface area contributed by atoms with Gasteiger partial charge in [-0.05, 0) is 37.1 Å². The van der Waals surface area contributed by atoms with Crippen LogP contribution in [-0.4, -0.2) is 34.9 Å². The summed E-state index contributed by atoms with van der Waals surface area (Å²) in [5.74, 6) is 0.0709. The summed E-state index contributed by atoms with van der Waals surface area (Å²) in [6.07, 6.45) is 1.26. The number of hydrogen-bond donors (Lipinski definition) is 3. The van der Waals surface area contributed by atoms with Gasteiger partial charge in [0.2, 0.25) is 0 Å². The Kier molecular flexibility index (Phi) is 3.49. The van der Waals surface area contributed by atoms with Crippen molar-refractivity contribution >= 4 is 5.97 Å². The van der Waals surface area contributed by atoms with Crippen molar-refractivity contribution in [2.24, 2.45) is 0 Å². The summed E-state index contributed by atoms with van der Waals surface area (Å²) in [5.41, 5.74) is 0. The Labute approximate surface area is 99.0 Å². The van der Waals surface area contributed by atoms with Gasteiger partial charge in [0.25, 0.3) is 0 Å². The monoisotopic (exact) mass is 237 g/mol. The van der Waals surface area contributed by atoms with Crippen LogP contribution in [0.3, 0.4) is 0 Å². The molecule has 1 heterocycles. The van der Waals surface area contributed by atoms with Gasteiger partial charge in [-0.3, -0.25) is 4.79 Å². The highest BCUT2D eigenvalue weighted by Crippen LogP contribution is 2.20. The van der Waals surface area contributed by atoms with Gasteiger partial charge >= 0.3 is 5.97 Å². The van der Waals surface area contributed by atoms with E-state index in [1.807, 2.05) is 0 Å². The summed E-state index contributed by atoms with van der Waals surface area (Å²) in [6, 6.07) is 6.05. The number of carboxylic acids is 1. The van der Waals surface area contributed by atoms with E-state index in [9.17, 15) is 4.79 Å². The molecule has 92 valence electrons. The van der Waals surface area contributed by atoms with E-state index in [4.69, 9.17) is 14.9 Å². The lowest BCUT2D eigenvalue weighted by Gasteiger charge is -2.28. The predicted octanol–water partition coefficient (Wildman–Crippen LogP) is 0.976. The molecule has 3 N–H and O–H groups in total. The van der Waals surface area contributed by atoms with E-state index in [2.05, 4.69) is 5.32 Å². The number of nitrogens with one attached hydrogen (secondary N) is 1. The predicted molar refractivity (Wildman–Crippen MR) is 61.2 cm³/mol. The Morgan fingerprint density at radius 1 is 1.29 bits per heavy atom. The Morgan fingerprint density at radius 3 is 2.53 bits per heavy atom. The fourth-order valence-electron chi connectivity index (χ4n) is 1.86. The number of carboxylic acid groups (broad SMARTS) is 1. The molecule has 0 aromatic heterocycles. The van der Waals surface area contributed by atoms with E-state index in [0.29, 0.717) is 25.1 Å². The number of hydrogen-bond acceptors (Lipinski definition) is 4. The van der Waals surface area contributed by atoms with Crippen LogP contribution in [0.2, 0.25) is 0 Å². The quantitative estimate of drug-likeness (QED) is 0.730. The maximum absolute atomic E-state index is 10.7. The molecule has 1 aliphatic heterocycles. The van der Waals surface area contributed by atoms with Crippen molar-refractivity contribution in [1.29, 1.82) is 0 Å². The highest BCUT2D eigenvalue weighted by atomic mass is 16.5. The van der Waals surface area contributed by atoms with Crippen molar-refractivity contribution in [1.82, 2.24) is 5.32 Å². The van der Waals surface area contributed by atoms with Gasteiger partial charge in [-0.15, -0.1) is 0 Å². The highest BCUT2D eigenvalue weighted by Gasteiger charge is 2.26. The van der Waals surface area contributed by atoms with E-state index in [0.717, 1.165) is 0 Å². The van der Waals surface area contributed by atoms with Gasteiger partial charge in [0.1, 0.15) is 23.6 Å². The molecule has 1 aromatic carbocycles. The first-order chi connectivity index (χ1) is 8.15. The van der Waals surface area contributed by atoms with Crippen molar-refractivity contribution in [2.75, 3.05) is 6.54 Å².